The van der Waals surface area contributed by atoms with Gasteiger partial charge in [0.2, 0.25) is 0 Å². The summed E-state index contributed by atoms with van der Waals surface area (Å²) in [7, 11) is 0. The summed E-state index contributed by atoms with van der Waals surface area (Å²) in [5, 5.41) is 0.793. The van der Waals surface area contributed by atoms with Crippen LogP contribution in [0.25, 0.3) is 5.03 Å². The van der Waals surface area contributed by atoms with E-state index in [-0.39, 0.29) is 0 Å². The zero-order valence-electron chi connectivity index (χ0n) is 5.22. The van der Waals surface area contributed by atoms with Crippen molar-refractivity contribution in [3.63, 3.8) is 0 Å². The first-order valence-electron chi connectivity index (χ1n) is 2.86. The lowest BCUT2D eigenvalue weighted by Crippen LogP contribution is -1.71. The average Bonchev–Trinajstić information content (AvgIpc) is 2.05. The summed E-state index contributed by atoms with van der Waals surface area (Å²) < 4.78 is 1.86. The summed E-state index contributed by atoms with van der Waals surface area (Å²) in [4.78, 5) is 0. The summed E-state index contributed by atoms with van der Waals surface area (Å²) in [6, 6.07) is 9.88. The molecule has 10 heavy (non-hydrogen) atoms. The number of benzene rings is 1. The highest BCUT2D eigenvalue weighted by molar-refractivity contribution is 14.1. The molecule has 0 atom stereocenters. The Kier molecular flexibility index (Phi) is 3.22. The third-order valence-corrected chi connectivity index (χ3v) is 2.46. The van der Waals surface area contributed by atoms with Crippen LogP contribution in [-0.2, 0) is 0 Å². The molecule has 0 nitrogen and oxygen atoms in total. The highest BCUT2D eigenvalue weighted by Crippen LogP contribution is 2.19. The molecule has 52 valence electrons. The van der Waals surface area contributed by atoms with Crippen molar-refractivity contribution >= 4 is 39.2 Å². The van der Waals surface area contributed by atoms with Gasteiger partial charge in [0.1, 0.15) is 0 Å². The average molecular weight is 264 g/mol. The van der Waals surface area contributed by atoms with Gasteiger partial charge in [0, 0.05) is 0 Å². The SMILES string of the molecule is Cl/C(=C\I)c1ccccc1. The summed E-state index contributed by atoms with van der Waals surface area (Å²) in [5.74, 6) is 0. The Hall–Kier alpha value is -0.0200. The van der Waals surface area contributed by atoms with Crippen LogP contribution in [0.2, 0.25) is 0 Å². The number of hydrogen-bond donors (Lipinski definition) is 0. The molecule has 0 N–H and O–H groups in total. The fourth-order valence-corrected chi connectivity index (χ4v) is 1.15. The Bertz CT molecular complexity index is 228. The molecule has 1 aromatic carbocycles. The molecule has 0 aliphatic rings. The quantitative estimate of drug-likeness (QED) is 0.679. The number of rotatable bonds is 1. The van der Waals surface area contributed by atoms with Gasteiger partial charge < -0.3 is 0 Å². The van der Waals surface area contributed by atoms with E-state index in [1.807, 2.05) is 34.4 Å². The van der Waals surface area contributed by atoms with Crippen molar-refractivity contribution in [3.8, 4) is 0 Å². The first kappa shape index (κ1) is 8.08. The van der Waals surface area contributed by atoms with Crippen molar-refractivity contribution in [1.82, 2.24) is 0 Å². The van der Waals surface area contributed by atoms with Gasteiger partial charge >= 0.3 is 0 Å². The van der Waals surface area contributed by atoms with Crippen LogP contribution in [0.5, 0.6) is 0 Å². The maximum absolute atomic E-state index is 5.84. The molecule has 0 heterocycles. The van der Waals surface area contributed by atoms with Gasteiger partial charge in [-0.1, -0.05) is 64.5 Å². The van der Waals surface area contributed by atoms with Gasteiger partial charge in [-0.25, -0.2) is 0 Å². The molecule has 0 unspecified atom stereocenters. The van der Waals surface area contributed by atoms with E-state index >= 15 is 0 Å². The Morgan fingerprint density at radius 1 is 1.30 bits per heavy atom. The predicted molar refractivity (Wildman–Crippen MR) is 54.3 cm³/mol. The molecule has 0 aliphatic heterocycles. The number of hydrogen-bond acceptors (Lipinski definition) is 0. The molecule has 0 saturated heterocycles. The smallest absolute Gasteiger partial charge is 0.0538 e. The van der Waals surface area contributed by atoms with E-state index in [1.54, 1.807) is 0 Å². The van der Waals surface area contributed by atoms with Crippen molar-refractivity contribution in [2.75, 3.05) is 0 Å². The molecule has 1 aromatic rings. The standard InChI is InChI=1S/C8H6ClI/c9-8(6-10)7-4-2-1-3-5-7/h1-6H/b8-6-. The molecule has 0 radical (unpaired) electrons. The second kappa shape index (κ2) is 3.98. The van der Waals surface area contributed by atoms with Crippen LogP contribution in [0, 0.1) is 0 Å². The van der Waals surface area contributed by atoms with Crippen molar-refractivity contribution in [1.29, 1.82) is 0 Å². The molecule has 1 rings (SSSR count). The van der Waals surface area contributed by atoms with Gasteiger partial charge in [-0.2, -0.15) is 0 Å². The second-order valence-corrected chi connectivity index (χ2v) is 2.85. The van der Waals surface area contributed by atoms with Crippen LogP contribution in [0.15, 0.2) is 34.4 Å². The molecule has 0 bridgehead atoms. The normalized spacial score (nSPS) is 11.6. The lowest BCUT2D eigenvalue weighted by atomic mass is 10.2. The first-order valence-corrected chi connectivity index (χ1v) is 4.48. The Balaban J connectivity index is 2.96. The van der Waals surface area contributed by atoms with Crippen LogP contribution >= 0.6 is 34.2 Å². The van der Waals surface area contributed by atoms with Crippen molar-refractivity contribution in [2.45, 2.75) is 0 Å². The molecule has 2 heteroatoms. The molecule has 0 spiro atoms. The Labute approximate surface area is 79.0 Å². The molecule has 0 aliphatic carbocycles. The van der Waals surface area contributed by atoms with Crippen LogP contribution < -0.4 is 0 Å². The van der Waals surface area contributed by atoms with Crippen LogP contribution in [0.3, 0.4) is 0 Å². The maximum atomic E-state index is 5.84. The minimum atomic E-state index is 0.793. The van der Waals surface area contributed by atoms with Gasteiger partial charge in [0.25, 0.3) is 0 Å². The van der Waals surface area contributed by atoms with E-state index < -0.39 is 0 Å². The third kappa shape index (κ3) is 1.99. The molecular formula is C8H6ClI. The Morgan fingerprint density at radius 2 is 1.90 bits per heavy atom. The van der Waals surface area contributed by atoms with Crippen LogP contribution in [0.1, 0.15) is 5.56 Å². The largest absolute Gasteiger partial charge is 0.0832 e. The van der Waals surface area contributed by atoms with Crippen LogP contribution in [-0.4, -0.2) is 0 Å². The van der Waals surface area contributed by atoms with E-state index in [0.717, 1.165) is 10.6 Å². The Morgan fingerprint density at radius 3 is 2.40 bits per heavy atom. The van der Waals surface area contributed by atoms with E-state index in [0.29, 0.717) is 0 Å². The highest BCUT2D eigenvalue weighted by Gasteiger charge is 1.92. The van der Waals surface area contributed by atoms with Crippen molar-refractivity contribution in [3.05, 3.63) is 40.0 Å². The fraction of sp³-hybridized carbons (Fsp3) is 0. The summed E-state index contributed by atoms with van der Waals surface area (Å²) >= 11 is 7.97. The molecule has 0 aromatic heterocycles. The zero-order valence-corrected chi connectivity index (χ0v) is 8.13. The van der Waals surface area contributed by atoms with E-state index in [1.165, 1.54) is 0 Å². The fourth-order valence-electron chi connectivity index (χ4n) is 0.660. The van der Waals surface area contributed by atoms with Crippen molar-refractivity contribution < 1.29 is 0 Å². The number of halogens is 2. The van der Waals surface area contributed by atoms with Gasteiger partial charge in [-0.3, -0.25) is 0 Å². The van der Waals surface area contributed by atoms with E-state index in [4.69, 9.17) is 11.6 Å². The van der Waals surface area contributed by atoms with E-state index in [2.05, 4.69) is 22.6 Å². The topological polar surface area (TPSA) is 0 Å². The minimum Gasteiger partial charge on any atom is -0.0832 e. The maximum Gasteiger partial charge on any atom is 0.0538 e. The zero-order chi connectivity index (χ0) is 7.40. The molecule has 0 fully saturated rings. The highest BCUT2D eigenvalue weighted by atomic mass is 127. The van der Waals surface area contributed by atoms with Crippen molar-refractivity contribution in [2.24, 2.45) is 0 Å². The summed E-state index contributed by atoms with van der Waals surface area (Å²) in [6.45, 7) is 0. The lowest BCUT2D eigenvalue weighted by molar-refractivity contribution is 1.66. The predicted octanol–water partition coefficient (Wildman–Crippen LogP) is 3.66. The van der Waals surface area contributed by atoms with Gasteiger partial charge in [-0.15, -0.1) is 0 Å². The van der Waals surface area contributed by atoms with Gasteiger partial charge in [0.05, 0.1) is 5.03 Å². The molecule has 0 amide bonds. The van der Waals surface area contributed by atoms with Gasteiger partial charge in [-0.05, 0) is 9.65 Å². The van der Waals surface area contributed by atoms with E-state index in [9.17, 15) is 0 Å². The van der Waals surface area contributed by atoms with Crippen LogP contribution in [0.4, 0.5) is 0 Å². The second-order valence-electron chi connectivity index (χ2n) is 1.82. The summed E-state index contributed by atoms with van der Waals surface area (Å²) in [6.07, 6.45) is 0. The lowest BCUT2D eigenvalue weighted by Gasteiger charge is -1.94. The van der Waals surface area contributed by atoms with Gasteiger partial charge in [0.15, 0.2) is 0 Å². The summed E-state index contributed by atoms with van der Waals surface area (Å²) in [5.41, 5.74) is 1.07. The third-order valence-electron chi connectivity index (χ3n) is 1.15. The molecular weight excluding hydrogens is 258 g/mol. The minimum absolute atomic E-state index is 0.793. The monoisotopic (exact) mass is 264 g/mol. The first-order chi connectivity index (χ1) is 4.84. The molecule has 0 saturated carbocycles.